The molecule has 0 aliphatic carbocycles. The number of aromatic nitrogens is 1. The Morgan fingerprint density at radius 3 is 2.94 bits per heavy atom. The van der Waals surface area contributed by atoms with Crippen LogP contribution in [0.15, 0.2) is 12.3 Å². The van der Waals surface area contributed by atoms with Gasteiger partial charge in [-0.05, 0) is 39.2 Å². The van der Waals surface area contributed by atoms with Crippen LogP contribution >= 0.6 is 0 Å². The van der Waals surface area contributed by atoms with E-state index in [-0.39, 0.29) is 5.91 Å². The normalized spacial score (nSPS) is 20.6. The summed E-state index contributed by atoms with van der Waals surface area (Å²) in [5, 5.41) is 0. The zero-order valence-corrected chi connectivity index (χ0v) is 10.6. The van der Waals surface area contributed by atoms with Gasteiger partial charge in [0, 0.05) is 25.3 Å². The molecular formula is C13H21N3O. The Balaban J connectivity index is 2.23. The number of hydrogen-bond donors (Lipinski definition) is 1. The molecular weight excluding hydrogens is 214 g/mol. The first kappa shape index (κ1) is 12.0. The molecule has 0 radical (unpaired) electrons. The molecule has 1 fully saturated rings. The van der Waals surface area contributed by atoms with Crippen LogP contribution in [-0.4, -0.2) is 28.0 Å². The van der Waals surface area contributed by atoms with Crippen molar-refractivity contribution in [2.24, 2.45) is 0 Å². The Hall–Kier alpha value is -1.45. The summed E-state index contributed by atoms with van der Waals surface area (Å²) in [7, 11) is 0. The molecule has 2 N–H and O–H groups in total. The van der Waals surface area contributed by atoms with Gasteiger partial charge in [-0.2, -0.15) is 0 Å². The molecule has 4 heteroatoms. The third-order valence-electron chi connectivity index (χ3n) is 3.54. The lowest BCUT2D eigenvalue weighted by molar-refractivity contribution is 0.0624. The zero-order chi connectivity index (χ0) is 12.4. The molecule has 4 nitrogen and oxygen atoms in total. The molecule has 1 aromatic heterocycles. The molecule has 94 valence electrons. The van der Waals surface area contributed by atoms with Crippen molar-refractivity contribution in [3.8, 4) is 0 Å². The van der Waals surface area contributed by atoms with Crippen molar-refractivity contribution in [1.82, 2.24) is 9.47 Å². The Kier molecular flexibility index (Phi) is 3.41. The number of carbonyl (C=O) groups is 1. The van der Waals surface area contributed by atoms with Crippen LogP contribution in [0.5, 0.6) is 0 Å². The summed E-state index contributed by atoms with van der Waals surface area (Å²) in [5.74, 6) is 0.121. The van der Waals surface area contributed by atoms with E-state index >= 15 is 0 Å². The molecule has 0 bridgehead atoms. The van der Waals surface area contributed by atoms with Crippen LogP contribution in [0.2, 0.25) is 0 Å². The number of carbonyl (C=O) groups excluding carboxylic acids is 1. The maximum Gasteiger partial charge on any atom is 0.270 e. The molecule has 2 rings (SSSR count). The quantitative estimate of drug-likeness (QED) is 0.853. The van der Waals surface area contributed by atoms with Gasteiger partial charge in [-0.25, -0.2) is 0 Å². The molecule has 1 aromatic rings. The summed E-state index contributed by atoms with van der Waals surface area (Å²) in [5.41, 5.74) is 7.15. The molecule has 1 saturated heterocycles. The van der Waals surface area contributed by atoms with Gasteiger partial charge in [0.2, 0.25) is 0 Å². The van der Waals surface area contributed by atoms with Gasteiger partial charge in [0.05, 0.1) is 5.69 Å². The number of amides is 1. The van der Waals surface area contributed by atoms with Crippen LogP contribution in [0.4, 0.5) is 5.69 Å². The third kappa shape index (κ3) is 2.30. The van der Waals surface area contributed by atoms with Crippen molar-refractivity contribution >= 4 is 11.6 Å². The number of aryl methyl sites for hydroxylation is 1. The Morgan fingerprint density at radius 1 is 1.53 bits per heavy atom. The molecule has 2 heterocycles. The highest BCUT2D eigenvalue weighted by molar-refractivity contribution is 5.94. The standard InChI is InChI=1S/C13H21N3O/c1-3-15-9-11(14)8-12(15)13(17)16-7-5-4-6-10(16)2/h8-10H,3-7,14H2,1-2H3. The summed E-state index contributed by atoms with van der Waals surface area (Å²) in [6.07, 6.45) is 5.27. The van der Waals surface area contributed by atoms with E-state index in [1.54, 1.807) is 6.07 Å². The fourth-order valence-corrected chi connectivity index (χ4v) is 2.52. The third-order valence-corrected chi connectivity index (χ3v) is 3.54. The van der Waals surface area contributed by atoms with E-state index in [1.807, 2.05) is 22.6 Å². The van der Waals surface area contributed by atoms with Crippen LogP contribution in [-0.2, 0) is 6.54 Å². The molecule has 1 aliphatic heterocycles. The van der Waals surface area contributed by atoms with Crippen molar-refractivity contribution in [3.63, 3.8) is 0 Å². The maximum atomic E-state index is 12.5. The van der Waals surface area contributed by atoms with Crippen molar-refractivity contribution in [1.29, 1.82) is 0 Å². The number of rotatable bonds is 2. The van der Waals surface area contributed by atoms with E-state index in [9.17, 15) is 4.79 Å². The van der Waals surface area contributed by atoms with Crippen LogP contribution in [0, 0.1) is 0 Å². The zero-order valence-electron chi connectivity index (χ0n) is 10.6. The molecule has 1 unspecified atom stereocenters. The molecule has 1 aliphatic rings. The number of nitrogens with zero attached hydrogens (tertiary/aromatic N) is 2. The molecule has 17 heavy (non-hydrogen) atoms. The Bertz CT molecular complexity index is 411. The summed E-state index contributed by atoms with van der Waals surface area (Å²) in [4.78, 5) is 14.4. The first-order valence-electron chi connectivity index (χ1n) is 6.40. The second kappa shape index (κ2) is 4.82. The van der Waals surface area contributed by atoms with Gasteiger partial charge < -0.3 is 15.2 Å². The minimum atomic E-state index is 0.121. The number of hydrogen-bond acceptors (Lipinski definition) is 2. The van der Waals surface area contributed by atoms with Crippen LogP contribution in [0.3, 0.4) is 0 Å². The van der Waals surface area contributed by atoms with Crippen molar-refractivity contribution in [2.75, 3.05) is 12.3 Å². The van der Waals surface area contributed by atoms with Gasteiger partial charge >= 0.3 is 0 Å². The second-order valence-electron chi connectivity index (χ2n) is 4.79. The highest BCUT2D eigenvalue weighted by Crippen LogP contribution is 2.21. The second-order valence-corrected chi connectivity index (χ2v) is 4.79. The average molecular weight is 235 g/mol. The SMILES string of the molecule is CCn1cc(N)cc1C(=O)N1CCCCC1C. The average Bonchev–Trinajstić information content (AvgIpc) is 2.70. The molecule has 1 atom stereocenters. The first-order valence-corrected chi connectivity index (χ1v) is 6.40. The monoisotopic (exact) mass is 235 g/mol. The minimum absolute atomic E-state index is 0.121. The summed E-state index contributed by atoms with van der Waals surface area (Å²) < 4.78 is 1.93. The summed E-state index contributed by atoms with van der Waals surface area (Å²) >= 11 is 0. The van der Waals surface area contributed by atoms with Gasteiger partial charge in [-0.1, -0.05) is 0 Å². The van der Waals surface area contributed by atoms with Gasteiger partial charge in [0.25, 0.3) is 5.91 Å². The lowest BCUT2D eigenvalue weighted by Crippen LogP contribution is -2.42. The van der Waals surface area contributed by atoms with E-state index < -0.39 is 0 Å². The summed E-state index contributed by atoms with van der Waals surface area (Å²) in [6, 6.07) is 2.13. The van der Waals surface area contributed by atoms with Crippen molar-refractivity contribution in [2.45, 2.75) is 45.7 Å². The molecule has 1 amide bonds. The largest absolute Gasteiger partial charge is 0.397 e. The number of nitrogens with two attached hydrogens (primary N) is 1. The number of anilines is 1. The minimum Gasteiger partial charge on any atom is -0.397 e. The van der Waals surface area contributed by atoms with E-state index in [2.05, 4.69) is 6.92 Å². The molecule has 0 spiro atoms. The topological polar surface area (TPSA) is 51.3 Å². The van der Waals surface area contributed by atoms with Crippen LogP contribution in [0.1, 0.15) is 43.6 Å². The fourth-order valence-electron chi connectivity index (χ4n) is 2.52. The predicted molar refractivity (Wildman–Crippen MR) is 68.9 cm³/mol. The van der Waals surface area contributed by atoms with Crippen molar-refractivity contribution < 1.29 is 4.79 Å². The highest BCUT2D eigenvalue weighted by atomic mass is 16.2. The smallest absolute Gasteiger partial charge is 0.270 e. The predicted octanol–water partition coefficient (Wildman–Crippen LogP) is 2.10. The fraction of sp³-hybridized carbons (Fsp3) is 0.615. The Labute approximate surface area is 102 Å². The highest BCUT2D eigenvalue weighted by Gasteiger charge is 2.26. The first-order chi connectivity index (χ1) is 8.13. The van der Waals surface area contributed by atoms with Crippen molar-refractivity contribution in [3.05, 3.63) is 18.0 Å². The van der Waals surface area contributed by atoms with Crippen LogP contribution in [0.25, 0.3) is 0 Å². The van der Waals surface area contributed by atoms with Gasteiger partial charge in [0.1, 0.15) is 5.69 Å². The summed E-state index contributed by atoms with van der Waals surface area (Å²) in [6.45, 7) is 5.80. The number of likely N-dealkylation sites (tertiary alicyclic amines) is 1. The van der Waals surface area contributed by atoms with Gasteiger partial charge in [0.15, 0.2) is 0 Å². The number of piperidine rings is 1. The Morgan fingerprint density at radius 2 is 2.29 bits per heavy atom. The van der Waals surface area contributed by atoms with E-state index in [0.29, 0.717) is 11.7 Å². The van der Waals surface area contributed by atoms with E-state index in [4.69, 9.17) is 5.73 Å². The van der Waals surface area contributed by atoms with E-state index in [0.717, 1.165) is 31.6 Å². The molecule has 0 saturated carbocycles. The van der Waals surface area contributed by atoms with E-state index in [1.165, 1.54) is 6.42 Å². The molecule has 0 aromatic carbocycles. The number of nitrogen functional groups attached to an aromatic ring is 1. The lowest BCUT2D eigenvalue weighted by atomic mass is 10.0. The van der Waals surface area contributed by atoms with Crippen LogP contribution < -0.4 is 5.73 Å². The van der Waals surface area contributed by atoms with Gasteiger partial charge in [-0.3, -0.25) is 4.79 Å². The van der Waals surface area contributed by atoms with Gasteiger partial charge in [-0.15, -0.1) is 0 Å². The maximum absolute atomic E-state index is 12.5. The lowest BCUT2D eigenvalue weighted by Gasteiger charge is -2.33.